The van der Waals surface area contributed by atoms with Gasteiger partial charge in [0.05, 0.1) is 9.37 Å². The van der Waals surface area contributed by atoms with Crippen molar-refractivity contribution in [2.45, 2.75) is 9.79 Å². The van der Waals surface area contributed by atoms with Gasteiger partial charge in [-0.25, -0.2) is 13.6 Å². The third-order valence-corrected chi connectivity index (χ3v) is 4.79. The van der Waals surface area contributed by atoms with Gasteiger partial charge in [-0.2, -0.15) is 0 Å². The van der Waals surface area contributed by atoms with Gasteiger partial charge in [0.2, 0.25) is 10.0 Å². The van der Waals surface area contributed by atoms with Gasteiger partial charge in [-0.05, 0) is 64.7 Å². The van der Waals surface area contributed by atoms with Gasteiger partial charge in [-0.15, -0.1) is 11.8 Å². The Bertz CT molecular complexity index is 715. The fourth-order valence-electron chi connectivity index (χ4n) is 1.51. The van der Waals surface area contributed by atoms with E-state index in [0.29, 0.717) is 16.0 Å². The average Bonchev–Trinajstić information content (AvgIpc) is 2.41. The lowest BCUT2D eigenvalue weighted by Crippen LogP contribution is -2.11. The first-order chi connectivity index (χ1) is 9.40. The van der Waals surface area contributed by atoms with Gasteiger partial charge in [0, 0.05) is 4.90 Å². The van der Waals surface area contributed by atoms with Gasteiger partial charge in [0.1, 0.15) is 11.5 Å². The number of nitrogens with two attached hydrogens (primary N) is 1. The first kappa shape index (κ1) is 15.4. The molecule has 0 amide bonds. The van der Waals surface area contributed by atoms with Crippen LogP contribution in [-0.4, -0.2) is 14.7 Å². The fourth-order valence-corrected chi connectivity index (χ4v) is 3.07. The van der Waals surface area contributed by atoms with E-state index in [9.17, 15) is 8.42 Å². The molecule has 0 radical (unpaired) electrons. The maximum Gasteiger partial charge on any atom is 0.238 e. The molecular weight excluding hydrogens is 362 g/mol. The smallest absolute Gasteiger partial charge is 0.238 e. The van der Waals surface area contributed by atoms with Crippen molar-refractivity contribution in [2.24, 2.45) is 5.14 Å². The highest BCUT2D eigenvalue weighted by molar-refractivity contribution is 9.10. The fraction of sp³-hybridized carbons (Fsp3) is 0.0769. The number of rotatable bonds is 4. The Kier molecular flexibility index (Phi) is 4.74. The van der Waals surface area contributed by atoms with E-state index >= 15 is 0 Å². The van der Waals surface area contributed by atoms with Crippen molar-refractivity contribution in [3.05, 3.63) is 46.9 Å². The molecular formula is C13H12BrNO3S2. The molecule has 0 bridgehead atoms. The molecule has 2 aromatic rings. The molecule has 0 fully saturated rings. The first-order valence-corrected chi connectivity index (χ1v) is 9.11. The lowest BCUT2D eigenvalue weighted by molar-refractivity contribution is 0.478. The molecule has 0 spiro atoms. The Hall–Kier alpha value is -1.02. The van der Waals surface area contributed by atoms with Crippen LogP contribution in [0.15, 0.2) is 56.7 Å². The lowest BCUT2D eigenvalue weighted by Gasteiger charge is -2.09. The standard InChI is InChI=1S/C13H12BrNO3S2/c1-19-10-4-2-9(3-5-10)18-13-7-6-11(8-12(13)14)20(15,16)17/h2-8H,1H3,(H2,15,16,17). The number of halogens is 1. The van der Waals surface area contributed by atoms with Gasteiger partial charge >= 0.3 is 0 Å². The van der Waals surface area contributed by atoms with Crippen LogP contribution in [-0.2, 0) is 10.0 Å². The molecule has 0 aromatic heterocycles. The van der Waals surface area contributed by atoms with E-state index in [0.717, 1.165) is 4.90 Å². The second-order valence-corrected chi connectivity index (χ2v) is 7.21. The van der Waals surface area contributed by atoms with Gasteiger partial charge < -0.3 is 4.74 Å². The van der Waals surface area contributed by atoms with Gasteiger partial charge in [-0.1, -0.05) is 0 Å². The number of benzene rings is 2. The summed E-state index contributed by atoms with van der Waals surface area (Å²) in [6.07, 6.45) is 2.00. The minimum absolute atomic E-state index is 0.0365. The van der Waals surface area contributed by atoms with E-state index in [-0.39, 0.29) is 4.90 Å². The van der Waals surface area contributed by atoms with Crippen LogP contribution < -0.4 is 9.88 Å². The molecule has 0 atom stereocenters. The van der Waals surface area contributed by atoms with E-state index in [4.69, 9.17) is 9.88 Å². The Morgan fingerprint density at radius 1 is 1.15 bits per heavy atom. The van der Waals surface area contributed by atoms with Crippen LogP contribution in [0.5, 0.6) is 11.5 Å². The molecule has 2 aromatic carbocycles. The largest absolute Gasteiger partial charge is 0.456 e. The molecule has 20 heavy (non-hydrogen) atoms. The minimum atomic E-state index is -3.71. The van der Waals surface area contributed by atoms with Crippen molar-refractivity contribution in [3.63, 3.8) is 0 Å². The Balaban J connectivity index is 2.25. The summed E-state index contributed by atoms with van der Waals surface area (Å²) in [4.78, 5) is 1.18. The van der Waals surface area contributed by atoms with E-state index in [1.807, 2.05) is 30.5 Å². The van der Waals surface area contributed by atoms with Crippen molar-refractivity contribution in [3.8, 4) is 11.5 Å². The van der Waals surface area contributed by atoms with E-state index in [2.05, 4.69) is 15.9 Å². The molecule has 0 saturated carbocycles. The highest BCUT2D eigenvalue weighted by atomic mass is 79.9. The topological polar surface area (TPSA) is 69.4 Å². The molecule has 2 N–H and O–H groups in total. The number of ether oxygens (including phenoxy) is 1. The summed E-state index contributed by atoms with van der Waals surface area (Å²) < 4.78 is 28.7. The Morgan fingerprint density at radius 2 is 1.80 bits per heavy atom. The zero-order chi connectivity index (χ0) is 14.8. The van der Waals surface area contributed by atoms with Crippen LogP contribution in [0.1, 0.15) is 0 Å². The van der Waals surface area contributed by atoms with Crippen molar-refractivity contribution < 1.29 is 13.2 Å². The predicted octanol–water partition coefficient (Wildman–Crippen LogP) is 3.61. The minimum Gasteiger partial charge on any atom is -0.456 e. The van der Waals surface area contributed by atoms with E-state index in [1.54, 1.807) is 17.8 Å². The lowest BCUT2D eigenvalue weighted by atomic mass is 10.3. The summed E-state index contributed by atoms with van der Waals surface area (Å²) in [6.45, 7) is 0. The number of hydrogen-bond donors (Lipinski definition) is 1. The van der Waals surface area contributed by atoms with Crippen LogP contribution in [0.3, 0.4) is 0 Å². The van der Waals surface area contributed by atoms with Crippen LogP contribution >= 0.6 is 27.7 Å². The Morgan fingerprint density at radius 3 is 2.30 bits per heavy atom. The maximum absolute atomic E-state index is 11.2. The van der Waals surface area contributed by atoms with Crippen LogP contribution in [0, 0.1) is 0 Å². The Labute approximate surface area is 130 Å². The molecule has 7 heteroatoms. The molecule has 0 aliphatic rings. The second-order valence-electron chi connectivity index (χ2n) is 3.91. The molecule has 0 unspecified atom stereocenters. The van der Waals surface area contributed by atoms with Crippen molar-refractivity contribution >= 4 is 37.7 Å². The number of sulfonamides is 1. The van der Waals surface area contributed by atoms with Gasteiger partial charge in [-0.3, -0.25) is 0 Å². The van der Waals surface area contributed by atoms with Crippen LogP contribution in [0.2, 0.25) is 0 Å². The zero-order valence-corrected chi connectivity index (χ0v) is 13.8. The molecule has 0 heterocycles. The highest BCUT2D eigenvalue weighted by Crippen LogP contribution is 2.32. The first-order valence-electron chi connectivity index (χ1n) is 5.54. The number of thioether (sulfide) groups is 1. The molecule has 0 aliphatic carbocycles. The van der Waals surface area contributed by atoms with Gasteiger partial charge in [0.25, 0.3) is 0 Å². The normalized spacial score (nSPS) is 11.3. The molecule has 0 aliphatic heterocycles. The van der Waals surface area contributed by atoms with Crippen molar-refractivity contribution in [1.29, 1.82) is 0 Å². The number of hydrogen-bond acceptors (Lipinski definition) is 4. The monoisotopic (exact) mass is 373 g/mol. The van der Waals surface area contributed by atoms with Crippen LogP contribution in [0.4, 0.5) is 0 Å². The van der Waals surface area contributed by atoms with Crippen molar-refractivity contribution in [2.75, 3.05) is 6.26 Å². The van der Waals surface area contributed by atoms with E-state index in [1.165, 1.54) is 12.1 Å². The molecule has 2 rings (SSSR count). The summed E-state index contributed by atoms with van der Waals surface area (Å²) >= 11 is 4.92. The molecule has 4 nitrogen and oxygen atoms in total. The molecule has 0 saturated heterocycles. The maximum atomic E-state index is 11.2. The van der Waals surface area contributed by atoms with Gasteiger partial charge in [0.15, 0.2) is 0 Å². The summed E-state index contributed by atoms with van der Waals surface area (Å²) in [5, 5.41) is 5.07. The van der Waals surface area contributed by atoms with E-state index < -0.39 is 10.0 Å². The zero-order valence-electron chi connectivity index (χ0n) is 10.5. The summed E-state index contributed by atoms with van der Waals surface area (Å²) in [6, 6.07) is 12.0. The third kappa shape index (κ3) is 3.76. The number of primary sulfonamides is 1. The summed E-state index contributed by atoms with van der Waals surface area (Å²) in [7, 11) is -3.71. The van der Waals surface area contributed by atoms with Crippen molar-refractivity contribution in [1.82, 2.24) is 0 Å². The summed E-state index contributed by atoms with van der Waals surface area (Å²) in [5.74, 6) is 1.20. The second kappa shape index (κ2) is 6.17. The third-order valence-electron chi connectivity index (χ3n) is 2.52. The average molecular weight is 374 g/mol. The highest BCUT2D eigenvalue weighted by Gasteiger charge is 2.11. The predicted molar refractivity (Wildman–Crippen MR) is 83.8 cm³/mol. The SMILES string of the molecule is CSc1ccc(Oc2ccc(S(N)(=O)=O)cc2Br)cc1. The molecule has 106 valence electrons. The summed E-state index contributed by atoms with van der Waals surface area (Å²) in [5.41, 5.74) is 0. The quantitative estimate of drug-likeness (QED) is 0.830. The van der Waals surface area contributed by atoms with Crippen LogP contribution in [0.25, 0.3) is 0 Å².